The molecule has 6 rings (SSSR count). The smallest absolute Gasteiger partial charge is 0.302 e. The maximum absolute atomic E-state index is 14.6. The van der Waals surface area contributed by atoms with Crippen molar-refractivity contribution in [2.45, 2.75) is 136 Å². The summed E-state index contributed by atoms with van der Waals surface area (Å²) >= 11 is 0. The lowest BCUT2D eigenvalue weighted by molar-refractivity contribution is -0.152. The van der Waals surface area contributed by atoms with Gasteiger partial charge in [0.2, 0.25) is 5.78 Å². The maximum atomic E-state index is 14.6. The Bertz CT molecular complexity index is 2080. The number of phenolic OH excluding ortho intramolecular Hbond substituents is 2. The highest BCUT2D eigenvalue weighted by Crippen LogP contribution is 2.51. The molecule has 304 valence electrons. The number of hydrogen-bond donors (Lipinski definition) is 5. The molecule has 56 heavy (non-hydrogen) atoms. The van der Waals surface area contributed by atoms with Crippen LogP contribution in [0.2, 0.25) is 0 Å². The number of fused-ring (bicyclic) bond motifs is 1. The molecule has 0 aromatic heterocycles. The summed E-state index contributed by atoms with van der Waals surface area (Å²) < 4.78 is 12.1. The van der Waals surface area contributed by atoms with Gasteiger partial charge in [-0.15, -0.1) is 0 Å². The fraction of sp³-hybridized carbons (Fsp3) is 0.568. The number of amides is 1. The number of anilines is 1. The van der Waals surface area contributed by atoms with Crippen molar-refractivity contribution in [2.75, 3.05) is 12.4 Å². The van der Waals surface area contributed by atoms with Gasteiger partial charge >= 0.3 is 5.97 Å². The summed E-state index contributed by atoms with van der Waals surface area (Å²) in [6.07, 6.45) is 15.3. The van der Waals surface area contributed by atoms with Crippen LogP contribution >= 0.6 is 0 Å². The third-order valence-electron chi connectivity index (χ3n) is 11.9. The second-order valence-corrected chi connectivity index (χ2v) is 16.3. The third kappa shape index (κ3) is 8.27. The molecule has 3 aliphatic heterocycles. The first-order valence-corrected chi connectivity index (χ1v) is 20.0. The number of carbonyl (C=O) groups excluding carboxylic acids is 3. The van der Waals surface area contributed by atoms with Gasteiger partial charge in [-0.2, -0.15) is 0 Å². The van der Waals surface area contributed by atoms with E-state index in [1.807, 2.05) is 39.0 Å². The highest BCUT2D eigenvalue weighted by molar-refractivity contribution is 6.22. The Labute approximate surface area is 329 Å². The minimum absolute atomic E-state index is 0.0217. The lowest BCUT2D eigenvalue weighted by Gasteiger charge is -2.31. The first-order valence-electron chi connectivity index (χ1n) is 20.0. The fourth-order valence-electron chi connectivity index (χ4n) is 8.69. The molecule has 6 atom stereocenters. The van der Waals surface area contributed by atoms with E-state index in [0.29, 0.717) is 35.9 Å². The number of Topliss-reactive ketones (excluding diaryl/α,β-unsaturated/α-hetero) is 1. The van der Waals surface area contributed by atoms with Crippen molar-refractivity contribution < 1.29 is 44.3 Å². The number of aliphatic hydroxyl groups is 2. The van der Waals surface area contributed by atoms with Crippen LogP contribution in [0.15, 0.2) is 45.9 Å². The predicted molar refractivity (Wildman–Crippen MR) is 214 cm³/mol. The number of ether oxygens (including phenoxy) is 2. The van der Waals surface area contributed by atoms with E-state index in [9.17, 15) is 29.7 Å². The number of rotatable bonds is 1. The summed E-state index contributed by atoms with van der Waals surface area (Å²) in [6, 6.07) is 0. The SMILES string of the molecule is CC(=O)OC1CC/C=C/C[C@@]2(C)Oc3c(C)c(O)c4c(O)c(c5c(c4c3C2=O)NC2(CCCCCC2)N=5)=NC(=O)/C(C)=C\C=C\C(C)C[C@@H](C)C(O)[C@H]1C.CO. The summed E-state index contributed by atoms with van der Waals surface area (Å²) in [5, 5.41) is 46.2. The summed E-state index contributed by atoms with van der Waals surface area (Å²) in [6.45, 7) is 12.3. The molecule has 4 bridgehead atoms. The molecular weight excluding hydrogens is 714 g/mol. The molecular formula is C44H59N3O9. The molecule has 5 N–H and O–H groups in total. The molecule has 1 saturated carbocycles. The van der Waals surface area contributed by atoms with E-state index >= 15 is 0 Å². The van der Waals surface area contributed by atoms with Gasteiger partial charge in [-0.1, -0.05) is 64.0 Å². The number of nitrogens with one attached hydrogen (secondary N) is 1. The molecule has 1 fully saturated rings. The monoisotopic (exact) mass is 773 g/mol. The molecule has 1 amide bonds. The average Bonchev–Trinajstić information content (AvgIpc) is 3.55. The summed E-state index contributed by atoms with van der Waals surface area (Å²) in [5.74, 6) is -2.13. The molecule has 1 spiro atoms. The second kappa shape index (κ2) is 17.3. The van der Waals surface area contributed by atoms with Crippen LogP contribution in [0.1, 0.15) is 122 Å². The zero-order valence-corrected chi connectivity index (χ0v) is 34.1. The first-order chi connectivity index (χ1) is 26.6. The number of allylic oxidation sites excluding steroid dienone is 4. The number of nitrogens with zero attached hydrogens (tertiary/aromatic N) is 2. The number of aromatic hydroxyl groups is 2. The minimum atomic E-state index is -1.32. The Morgan fingerprint density at radius 3 is 2.32 bits per heavy atom. The van der Waals surface area contributed by atoms with Crippen molar-refractivity contribution >= 4 is 34.1 Å². The van der Waals surface area contributed by atoms with Crippen LogP contribution in [-0.4, -0.2) is 68.7 Å². The van der Waals surface area contributed by atoms with Gasteiger partial charge in [-0.05, 0) is 77.6 Å². The van der Waals surface area contributed by atoms with Crippen molar-refractivity contribution in [1.29, 1.82) is 0 Å². The maximum Gasteiger partial charge on any atom is 0.302 e. The Morgan fingerprint density at radius 2 is 1.66 bits per heavy atom. The molecule has 2 aromatic rings. The van der Waals surface area contributed by atoms with E-state index in [4.69, 9.17) is 19.6 Å². The third-order valence-corrected chi connectivity index (χ3v) is 11.9. The van der Waals surface area contributed by atoms with Gasteiger partial charge in [-0.3, -0.25) is 19.4 Å². The first kappa shape index (κ1) is 42.6. The minimum Gasteiger partial charge on any atom is -0.507 e. The van der Waals surface area contributed by atoms with E-state index in [0.717, 1.165) is 45.6 Å². The van der Waals surface area contributed by atoms with Gasteiger partial charge in [0.25, 0.3) is 5.91 Å². The van der Waals surface area contributed by atoms with Gasteiger partial charge in [-0.25, -0.2) is 4.99 Å². The largest absolute Gasteiger partial charge is 0.507 e. The lowest BCUT2D eigenvalue weighted by atomic mass is 9.83. The predicted octanol–water partition coefficient (Wildman–Crippen LogP) is 6.58. The van der Waals surface area contributed by atoms with Crippen LogP contribution in [0, 0.1) is 24.7 Å². The standard InChI is InChI=1S/C43H55N3O8.CH4O/c1-23-16-15-17-24(2)41(52)44-35-34-33(45-43(46-34)20-13-8-9-14-21-43)30-31(38(35)50)37(49)27(5)39-32(30)40(51)42(7,54-39)19-12-10-11-18-29(53-28(6)47)26(4)36(48)25(3)22-23;1-2/h10,12,15-17,23,25-26,29,36,45,48-50H,8-9,11,13-14,18-22H2,1-7H3;2H,1H3/b12-10+,16-15+,24-17-,44-35?;/t23?,25-,26+,29?,36?,42-;/m1./s1. The van der Waals surface area contributed by atoms with Crippen LogP contribution < -0.4 is 20.8 Å². The van der Waals surface area contributed by atoms with Crippen molar-refractivity contribution in [3.63, 3.8) is 0 Å². The van der Waals surface area contributed by atoms with Crippen LogP contribution in [-0.2, 0) is 14.3 Å². The topological polar surface area (TPSA) is 187 Å². The highest BCUT2D eigenvalue weighted by atomic mass is 16.5. The molecule has 2 aromatic carbocycles. The number of carbonyl (C=O) groups is 3. The summed E-state index contributed by atoms with van der Waals surface area (Å²) in [5.41, 5.74) is -0.734. The highest BCUT2D eigenvalue weighted by Gasteiger charge is 2.48. The Balaban J connectivity index is 0.00000295. The number of esters is 1. The van der Waals surface area contributed by atoms with Crippen LogP contribution in [0.3, 0.4) is 0 Å². The zero-order chi connectivity index (χ0) is 41.1. The Hall–Kier alpha value is -4.55. The van der Waals surface area contributed by atoms with Crippen molar-refractivity contribution in [1.82, 2.24) is 0 Å². The Morgan fingerprint density at radius 1 is 0.982 bits per heavy atom. The fourth-order valence-corrected chi connectivity index (χ4v) is 8.69. The van der Waals surface area contributed by atoms with Crippen molar-refractivity contribution in [3.05, 3.63) is 57.8 Å². The molecule has 0 radical (unpaired) electrons. The number of aliphatic hydroxyl groups excluding tert-OH is 2. The Kier molecular flexibility index (Phi) is 13.2. The van der Waals surface area contributed by atoms with Gasteiger partial charge < -0.3 is 35.2 Å². The summed E-state index contributed by atoms with van der Waals surface area (Å²) in [4.78, 5) is 49.9. The zero-order valence-electron chi connectivity index (χ0n) is 34.1. The number of ketones is 1. The van der Waals surface area contributed by atoms with Crippen LogP contribution in [0.25, 0.3) is 10.8 Å². The van der Waals surface area contributed by atoms with Crippen LogP contribution in [0.5, 0.6) is 17.2 Å². The summed E-state index contributed by atoms with van der Waals surface area (Å²) in [7, 11) is 1.00. The van der Waals surface area contributed by atoms with E-state index < -0.39 is 41.1 Å². The van der Waals surface area contributed by atoms with E-state index in [1.165, 1.54) is 6.92 Å². The van der Waals surface area contributed by atoms with Gasteiger partial charge in [0.05, 0.1) is 22.7 Å². The molecule has 3 heterocycles. The number of benzene rings is 2. The molecule has 12 heteroatoms. The van der Waals surface area contributed by atoms with Crippen molar-refractivity contribution in [3.8, 4) is 17.2 Å². The lowest BCUT2D eigenvalue weighted by Crippen LogP contribution is -2.37. The normalized spacial score (nSPS) is 30.0. The second-order valence-electron chi connectivity index (χ2n) is 16.3. The van der Waals surface area contributed by atoms with Crippen LogP contribution in [0.4, 0.5) is 5.69 Å². The molecule has 0 saturated heterocycles. The van der Waals surface area contributed by atoms with Crippen molar-refractivity contribution in [2.24, 2.45) is 27.7 Å². The number of phenols is 2. The quantitative estimate of drug-likeness (QED) is 0.120. The number of hydrogen-bond acceptors (Lipinski definition) is 11. The molecule has 3 unspecified atom stereocenters. The molecule has 12 nitrogen and oxygen atoms in total. The van der Waals surface area contributed by atoms with Gasteiger partial charge in [0.1, 0.15) is 34.0 Å². The van der Waals surface area contributed by atoms with E-state index in [-0.39, 0.29) is 68.7 Å². The van der Waals surface area contributed by atoms with Gasteiger partial charge in [0, 0.05) is 42.9 Å². The molecule has 4 aliphatic rings. The van der Waals surface area contributed by atoms with E-state index in [1.54, 1.807) is 32.9 Å². The van der Waals surface area contributed by atoms with Gasteiger partial charge in [0.15, 0.2) is 11.4 Å². The average molecular weight is 774 g/mol. The molecule has 1 aliphatic carbocycles. The van der Waals surface area contributed by atoms with E-state index in [2.05, 4.69) is 10.3 Å².